The van der Waals surface area contributed by atoms with E-state index >= 15 is 0 Å². The molecule has 1 aromatic carbocycles. The number of hydrogen-bond donors (Lipinski definition) is 0. The minimum atomic E-state index is -1.77. The SMILES string of the molecule is CCOc1cc(C=O)cc(Cl)c1O[Si](C)(C)C. The number of rotatable bonds is 5. The van der Waals surface area contributed by atoms with Crippen molar-refractivity contribution >= 4 is 26.2 Å². The zero-order valence-corrected chi connectivity index (χ0v) is 12.3. The summed E-state index contributed by atoms with van der Waals surface area (Å²) in [7, 11) is -1.77. The summed E-state index contributed by atoms with van der Waals surface area (Å²) in [4.78, 5) is 10.8. The predicted molar refractivity (Wildman–Crippen MR) is 72.0 cm³/mol. The monoisotopic (exact) mass is 272 g/mol. The van der Waals surface area contributed by atoms with Crippen molar-refractivity contribution in [2.75, 3.05) is 6.61 Å². The molecule has 0 bridgehead atoms. The van der Waals surface area contributed by atoms with E-state index in [0.717, 1.165) is 6.29 Å². The summed E-state index contributed by atoms with van der Waals surface area (Å²) in [5.74, 6) is 1.07. The second kappa shape index (κ2) is 5.56. The molecule has 0 amide bonds. The Morgan fingerprint density at radius 1 is 1.35 bits per heavy atom. The number of halogens is 1. The maximum Gasteiger partial charge on any atom is 0.242 e. The van der Waals surface area contributed by atoms with Gasteiger partial charge in [-0.05, 0) is 38.7 Å². The molecule has 0 fully saturated rings. The number of benzene rings is 1. The highest BCUT2D eigenvalue weighted by Gasteiger charge is 2.21. The van der Waals surface area contributed by atoms with E-state index in [0.29, 0.717) is 28.7 Å². The van der Waals surface area contributed by atoms with Crippen molar-refractivity contribution in [3.05, 3.63) is 22.7 Å². The van der Waals surface area contributed by atoms with Crippen LogP contribution in [0, 0.1) is 0 Å². The Balaban J connectivity index is 3.21. The molecule has 5 heteroatoms. The summed E-state index contributed by atoms with van der Waals surface area (Å²) in [6.07, 6.45) is 0.743. The topological polar surface area (TPSA) is 35.5 Å². The van der Waals surface area contributed by atoms with E-state index in [4.69, 9.17) is 20.8 Å². The van der Waals surface area contributed by atoms with Crippen LogP contribution in [0.4, 0.5) is 0 Å². The highest BCUT2D eigenvalue weighted by atomic mass is 35.5. The molecule has 0 spiro atoms. The van der Waals surface area contributed by atoms with Crippen LogP contribution in [-0.4, -0.2) is 21.2 Å². The van der Waals surface area contributed by atoms with Gasteiger partial charge in [0.1, 0.15) is 6.29 Å². The van der Waals surface area contributed by atoms with Gasteiger partial charge in [0, 0.05) is 5.56 Å². The van der Waals surface area contributed by atoms with Gasteiger partial charge >= 0.3 is 0 Å². The van der Waals surface area contributed by atoms with Gasteiger partial charge in [0.2, 0.25) is 8.32 Å². The predicted octanol–water partition coefficient (Wildman–Crippen LogP) is 3.76. The van der Waals surface area contributed by atoms with Crippen molar-refractivity contribution in [3.8, 4) is 11.5 Å². The molecule has 0 heterocycles. The standard InChI is InChI=1S/C12H17ClO3Si/c1-5-15-11-7-9(8-14)6-10(13)12(11)16-17(2,3)4/h6-8H,5H2,1-4H3. The van der Waals surface area contributed by atoms with Crippen LogP contribution < -0.4 is 9.16 Å². The highest BCUT2D eigenvalue weighted by Crippen LogP contribution is 2.37. The van der Waals surface area contributed by atoms with Crippen molar-refractivity contribution in [1.82, 2.24) is 0 Å². The normalized spacial score (nSPS) is 11.1. The lowest BCUT2D eigenvalue weighted by atomic mass is 10.2. The van der Waals surface area contributed by atoms with Crippen LogP contribution in [0.15, 0.2) is 12.1 Å². The molecule has 94 valence electrons. The van der Waals surface area contributed by atoms with Crippen LogP contribution in [0.5, 0.6) is 11.5 Å². The van der Waals surface area contributed by atoms with Gasteiger partial charge in [0.15, 0.2) is 11.5 Å². The molecule has 0 aliphatic carbocycles. The Morgan fingerprint density at radius 3 is 2.47 bits per heavy atom. The lowest BCUT2D eigenvalue weighted by molar-refractivity contribution is 0.112. The van der Waals surface area contributed by atoms with Gasteiger partial charge < -0.3 is 9.16 Å². The van der Waals surface area contributed by atoms with E-state index in [2.05, 4.69) is 19.6 Å². The molecule has 0 aliphatic heterocycles. The Labute approximate surface area is 108 Å². The summed E-state index contributed by atoms with van der Waals surface area (Å²) < 4.78 is 11.3. The van der Waals surface area contributed by atoms with Gasteiger partial charge in [0.25, 0.3) is 0 Å². The van der Waals surface area contributed by atoms with E-state index in [1.165, 1.54) is 0 Å². The van der Waals surface area contributed by atoms with Gasteiger partial charge in [-0.2, -0.15) is 0 Å². The van der Waals surface area contributed by atoms with Crippen molar-refractivity contribution in [2.45, 2.75) is 26.6 Å². The van der Waals surface area contributed by atoms with Crippen molar-refractivity contribution in [3.63, 3.8) is 0 Å². The van der Waals surface area contributed by atoms with Crippen LogP contribution in [0.3, 0.4) is 0 Å². The molecule has 0 saturated heterocycles. The molecule has 1 rings (SSSR count). The van der Waals surface area contributed by atoms with Gasteiger partial charge in [0.05, 0.1) is 11.6 Å². The molecule has 1 aromatic rings. The molecule has 17 heavy (non-hydrogen) atoms. The first kappa shape index (κ1) is 14.1. The third-order valence-corrected chi connectivity index (χ3v) is 2.97. The molecule has 3 nitrogen and oxygen atoms in total. The molecule has 0 radical (unpaired) electrons. The van der Waals surface area contributed by atoms with Crippen molar-refractivity contribution in [1.29, 1.82) is 0 Å². The smallest absolute Gasteiger partial charge is 0.242 e. The Hall–Kier alpha value is -1.00. The largest absolute Gasteiger partial charge is 0.541 e. The van der Waals surface area contributed by atoms with E-state index < -0.39 is 8.32 Å². The first-order valence-electron chi connectivity index (χ1n) is 5.48. The first-order valence-corrected chi connectivity index (χ1v) is 9.26. The Morgan fingerprint density at radius 2 is 2.00 bits per heavy atom. The third kappa shape index (κ3) is 4.05. The first-order chi connectivity index (χ1) is 7.87. The quantitative estimate of drug-likeness (QED) is 0.605. The minimum absolute atomic E-state index is 0.417. The molecule has 0 aromatic heterocycles. The molecular formula is C12H17ClO3Si. The summed E-state index contributed by atoms with van der Waals surface area (Å²) in [6.45, 7) is 8.56. The zero-order chi connectivity index (χ0) is 13.1. The van der Waals surface area contributed by atoms with Crippen molar-refractivity contribution < 1.29 is 14.0 Å². The summed E-state index contributed by atoms with van der Waals surface area (Å²) >= 11 is 6.11. The maximum absolute atomic E-state index is 10.8. The summed E-state index contributed by atoms with van der Waals surface area (Å²) in [5, 5.41) is 0.417. The number of aldehydes is 1. The molecule has 0 aliphatic rings. The number of carbonyl (C=O) groups excluding carboxylic acids is 1. The molecule has 0 atom stereocenters. The van der Waals surface area contributed by atoms with E-state index in [1.54, 1.807) is 12.1 Å². The lowest BCUT2D eigenvalue weighted by Gasteiger charge is -2.22. The molecule has 0 N–H and O–H groups in total. The fourth-order valence-corrected chi connectivity index (χ4v) is 2.47. The average molecular weight is 273 g/mol. The van der Waals surface area contributed by atoms with Gasteiger partial charge in [-0.3, -0.25) is 4.79 Å². The van der Waals surface area contributed by atoms with Gasteiger partial charge in [-0.25, -0.2) is 0 Å². The van der Waals surface area contributed by atoms with Crippen LogP contribution in [-0.2, 0) is 0 Å². The average Bonchev–Trinajstić information content (AvgIpc) is 2.21. The van der Waals surface area contributed by atoms with Gasteiger partial charge in [-0.15, -0.1) is 0 Å². The van der Waals surface area contributed by atoms with Gasteiger partial charge in [-0.1, -0.05) is 11.6 Å². The number of hydrogen-bond acceptors (Lipinski definition) is 3. The fourth-order valence-electron chi connectivity index (χ4n) is 1.32. The number of ether oxygens (including phenoxy) is 1. The van der Waals surface area contributed by atoms with E-state index in [-0.39, 0.29) is 0 Å². The van der Waals surface area contributed by atoms with Crippen LogP contribution >= 0.6 is 11.6 Å². The molecule has 0 saturated carbocycles. The highest BCUT2D eigenvalue weighted by molar-refractivity contribution is 6.70. The van der Waals surface area contributed by atoms with Crippen LogP contribution in [0.1, 0.15) is 17.3 Å². The second-order valence-corrected chi connectivity index (χ2v) is 9.43. The second-order valence-electron chi connectivity index (χ2n) is 4.60. The Bertz CT molecular complexity index is 413. The summed E-state index contributed by atoms with van der Waals surface area (Å²) in [5.41, 5.74) is 0.487. The molecular weight excluding hydrogens is 256 g/mol. The minimum Gasteiger partial charge on any atom is -0.541 e. The fraction of sp³-hybridized carbons (Fsp3) is 0.417. The zero-order valence-electron chi connectivity index (χ0n) is 10.5. The van der Waals surface area contributed by atoms with E-state index in [1.807, 2.05) is 6.92 Å². The lowest BCUT2D eigenvalue weighted by Crippen LogP contribution is -2.29. The van der Waals surface area contributed by atoms with Crippen molar-refractivity contribution in [2.24, 2.45) is 0 Å². The van der Waals surface area contributed by atoms with E-state index in [9.17, 15) is 4.79 Å². The summed E-state index contributed by atoms with van der Waals surface area (Å²) in [6, 6.07) is 3.24. The van der Waals surface area contributed by atoms with Crippen LogP contribution in [0.2, 0.25) is 24.7 Å². The third-order valence-electron chi connectivity index (χ3n) is 1.88. The Kier molecular flexibility index (Phi) is 4.59. The molecule has 0 unspecified atom stereocenters. The number of carbonyl (C=O) groups is 1. The van der Waals surface area contributed by atoms with Crippen LogP contribution in [0.25, 0.3) is 0 Å². The maximum atomic E-state index is 10.8.